The van der Waals surface area contributed by atoms with Crippen molar-refractivity contribution in [1.29, 1.82) is 0 Å². The third-order valence-electron chi connectivity index (χ3n) is 5.46. The predicted octanol–water partition coefficient (Wildman–Crippen LogP) is 3.22. The number of nitrogens with one attached hydrogen (secondary N) is 2. The van der Waals surface area contributed by atoms with Gasteiger partial charge in [0.05, 0.1) is 6.54 Å². The average molecular weight is 429 g/mol. The standard InChI is InChI=1S/C23H36N6S/c1-4-24-23(26-16-19(3)15-21-7-6-14-30-21)27-18-20-8-9-22(25-17-20)29-12-10-28(5-2)11-13-29/h6-9,14,17,19H,4-5,10-13,15-16,18H2,1-3H3,(H2,24,26,27). The molecule has 7 heteroatoms. The molecule has 1 unspecified atom stereocenters. The van der Waals surface area contributed by atoms with Gasteiger partial charge in [-0.1, -0.05) is 26.0 Å². The molecule has 0 radical (unpaired) electrons. The fourth-order valence-electron chi connectivity index (χ4n) is 3.62. The Kier molecular flexibility index (Phi) is 8.96. The molecule has 1 aliphatic rings. The van der Waals surface area contributed by atoms with Crippen molar-refractivity contribution in [3.8, 4) is 0 Å². The fraction of sp³-hybridized carbons (Fsp3) is 0.565. The third kappa shape index (κ3) is 6.99. The molecule has 1 saturated heterocycles. The van der Waals surface area contributed by atoms with E-state index in [4.69, 9.17) is 9.98 Å². The monoisotopic (exact) mass is 428 g/mol. The van der Waals surface area contributed by atoms with Crippen LogP contribution in [0.1, 0.15) is 31.2 Å². The van der Waals surface area contributed by atoms with Gasteiger partial charge in [-0.15, -0.1) is 11.3 Å². The largest absolute Gasteiger partial charge is 0.357 e. The number of pyridine rings is 1. The number of aromatic nitrogens is 1. The van der Waals surface area contributed by atoms with Crippen molar-refractivity contribution < 1.29 is 0 Å². The molecule has 0 aromatic carbocycles. The molecule has 2 aromatic rings. The lowest BCUT2D eigenvalue weighted by molar-refractivity contribution is 0.270. The van der Waals surface area contributed by atoms with Crippen molar-refractivity contribution >= 4 is 23.1 Å². The van der Waals surface area contributed by atoms with Crippen LogP contribution in [0.25, 0.3) is 0 Å². The molecule has 0 bridgehead atoms. The minimum Gasteiger partial charge on any atom is -0.357 e. The van der Waals surface area contributed by atoms with E-state index in [0.717, 1.165) is 69.6 Å². The second-order valence-electron chi connectivity index (χ2n) is 7.91. The number of piperazine rings is 1. The van der Waals surface area contributed by atoms with Gasteiger partial charge >= 0.3 is 0 Å². The average Bonchev–Trinajstić information content (AvgIpc) is 3.29. The first-order valence-corrected chi connectivity index (χ1v) is 12.0. The summed E-state index contributed by atoms with van der Waals surface area (Å²) in [6.07, 6.45) is 3.07. The Labute approximate surface area is 185 Å². The van der Waals surface area contributed by atoms with Crippen LogP contribution in [0, 0.1) is 5.92 Å². The molecule has 1 fully saturated rings. The number of nitrogens with zero attached hydrogens (tertiary/aromatic N) is 4. The molecule has 1 atom stereocenters. The van der Waals surface area contributed by atoms with E-state index in [2.05, 4.69) is 70.9 Å². The zero-order valence-electron chi connectivity index (χ0n) is 18.6. The van der Waals surface area contributed by atoms with Crippen LogP contribution in [0.5, 0.6) is 0 Å². The summed E-state index contributed by atoms with van der Waals surface area (Å²) in [5.41, 5.74) is 1.13. The topological polar surface area (TPSA) is 55.8 Å². The lowest BCUT2D eigenvalue weighted by Crippen LogP contribution is -2.46. The molecular formula is C23H36N6S. The van der Waals surface area contributed by atoms with Crippen LogP contribution in [-0.2, 0) is 13.0 Å². The third-order valence-corrected chi connectivity index (χ3v) is 6.36. The normalized spacial score (nSPS) is 16.5. The number of aliphatic imine (C=N–C) groups is 1. The summed E-state index contributed by atoms with van der Waals surface area (Å²) in [5, 5.41) is 8.98. The molecule has 30 heavy (non-hydrogen) atoms. The maximum Gasteiger partial charge on any atom is 0.191 e. The summed E-state index contributed by atoms with van der Waals surface area (Å²) in [5.74, 6) is 2.50. The van der Waals surface area contributed by atoms with E-state index < -0.39 is 0 Å². The highest BCUT2D eigenvalue weighted by molar-refractivity contribution is 7.09. The Bertz CT molecular complexity index is 751. The molecule has 6 nitrogen and oxygen atoms in total. The highest BCUT2D eigenvalue weighted by Crippen LogP contribution is 2.15. The van der Waals surface area contributed by atoms with Crippen molar-refractivity contribution in [3.05, 3.63) is 46.3 Å². The molecule has 0 aliphatic carbocycles. The second-order valence-corrected chi connectivity index (χ2v) is 8.94. The molecule has 0 spiro atoms. The van der Waals surface area contributed by atoms with Crippen LogP contribution in [0.4, 0.5) is 5.82 Å². The van der Waals surface area contributed by atoms with Crippen LogP contribution in [-0.4, -0.2) is 61.7 Å². The first kappa shape index (κ1) is 22.6. The molecular weight excluding hydrogens is 392 g/mol. The van der Waals surface area contributed by atoms with Crippen molar-refractivity contribution in [2.45, 2.75) is 33.7 Å². The molecule has 3 heterocycles. The van der Waals surface area contributed by atoms with Gasteiger partial charge in [0.2, 0.25) is 0 Å². The van der Waals surface area contributed by atoms with Gasteiger partial charge < -0.3 is 20.4 Å². The summed E-state index contributed by atoms with van der Waals surface area (Å²) in [6, 6.07) is 8.62. The van der Waals surface area contributed by atoms with E-state index in [-0.39, 0.29) is 0 Å². The van der Waals surface area contributed by atoms with Gasteiger partial charge in [-0.05, 0) is 48.9 Å². The molecule has 164 valence electrons. The first-order valence-electron chi connectivity index (χ1n) is 11.1. The van der Waals surface area contributed by atoms with Crippen LogP contribution < -0.4 is 15.5 Å². The van der Waals surface area contributed by atoms with E-state index in [0.29, 0.717) is 12.5 Å². The van der Waals surface area contributed by atoms with E-state index in [9.17, 15) is 0 Å². The fourth-order valence-corrected chi connectivity index (χ4v) is 4.49. The molecule has 2 N–H and O–H groups in total. The lowest BCUT2D eigenvalue weighted by Gasteiger charge is -2.34. The predicted molar refractivity (Wildman–Crippen MR) is 129 cm³/mol. The molecule has 0 amide bonds. The summed E-state index contributed by atoms with van der Waals surface area (Å²) >= 11 is 1.83. The zero-order valence-corrected chi connectivity index (χ0v) is 19.4. The van der Waals surface area contributed by atoms with Gasteiger partial charge in [-0.3, -0.25) is 0 Å². The van der Waals surface area contributed by atoms with Crippen LogP contribution in [0.15, 0.2) is 40.8 Å². The number of anilines is 1. The highest BCUT2D eigenvalue weighted by Gasteiger charge is 2.16. The van der Waals surface area contributed by atoms with E-state index >= 15 is 0 Å². The van der Waals surface area contributed by atoms with Crippen molar-refractivity contribution in [1.82, 2.24) is 20.5 Å². The number of likely N-dealkylation sites (N-methyl/N-ethyl adjacent to an activating group) is 1. The minimum absolute atomic E-state index is 0.557. The van der Waals surface area contributed by atoms with Gasteiger partial charge in [-0.25, -0.2) is 9.98 Å². The quantitative estimate of drug-likeness (QED) is 0.474. The summed E-state index contributed by atoms with van der Waals surface area (Å²) < 4.78 is 0. The summed E-state index contributed by atoms with van der Waals surface area (Å²) in [4.78, 5) is 15.7. The Balaban J connectivity index is 1.49. The zero-order chi connectivity index (χ0) is 21.2. The molecule has 0 saturated carbocycles. The van der Waals surface area contributed by atoms with Gasteiger partial charge in [0.1, 0.15) is 5.82 Å². The number of hydrogen-bond donors (Lipinski definition) is 2. The van der Waals surface area contributed by atoms with Crippen molar-refractivity contribution in [3.63, 3.8) is 0 Å². The van der Waals surface area contributed by atoms with Gasteiger partial charge in [0, 0.05) is 50.3 Å². The van der Waals surface area contributed by atoms with Crippen LogP contribution in [0.2, 0.25) is 0 Å². The second kappa shape index (κ2) is 11.9. The number of thiophene rings is 1. The minimum atomic E-state index is 0.557. The SMILES string of the molecule is CCNC(=NCc1ccc(N2CCN(CC)CC2)nc1)NCC(C)Cc1cccs1. The first-order chi connectivity index (χ1) is 14.7. The maximum absolute atomic E-state index is 4.75. The van der Waals surface area contributed by atoms with Gasteiger partial charge in [-0.2, -0.15) is 0 Å². The Hall–Kier alpha value is -2.12. The molecule has 2 aromatic heterocycles. The van der Waals surface area contributed by atoms with Gasteiger partial charge in [0.15, 0.2) is 5.96 Å². The van der Waals surface area contributed by atoms with Crippen molar-refractivity contribution in [2.24, 2.45) is 10.9 Å². The van der Waals surface area contributed by atoms with E-state index in [1.165, 1.54) is 4.88 Å². The smallest absolute Gasteiger partial charge is 0.191 e. The number of rotatable bonds is 9. The summed E-state index contributed by atoms with van der Waals surface area (Å²) in [7, 11) is 0. The van der Waals surface area contributed by atoms with E-state index in [1.54, 1.807) is 0 Å². The Morgan fingerprint density at radius 2 is 2.00 bits per heavy atom. The Morgan fingerprint density at radius 3 is 2.63 bits per heavy atom. The molecule has 3 rings (SSSR count). The number of hydrogen-bond acceptors (Lipinski definition) is 5. The molecule has 1 aliphatic heterocycles. The van der Waals surface area contributed by atoms with Crippen LogP contribution in [0.3, 0.4) is 0 Å². The van der Waals surface area contributed by atoms with Crippen molar-refractivity contribution in [2.75, 3.05) is 50.7 Å². The number of guanidine groups is 1. The van der Waals surface area contributed by atoms with Crippen LogP contribution >= 0.6 is 11.3 Å². The van der Waals surface area contributed by atoms with Gasteiger partial charge in [0.25, 0.3) is 0 Å². The lowest BCUT2D eigenvalue weighted by atomic mass is 10.1. The van der Waals surface area contributed by atoms with E-state index in [1.807, 2.05) is 17.5 Å². The maximum atomic E-state index is 4.75. The Morgan fingerprint density at radius 1 is 1.17 bits per heavy atom. The highest BCUT2D eigenvalue weighted by atomic mass is 32.1. The summed E-state index contributed by atoms with van der Waals surface area (Å²) in [6.45, 7) is 14.5.